The zero-order chi connectivity index (χ0) is 10.0. The van der Waals surface area contributed by atoms with E-state index in [1.54, 1.807) is 11.0 Å². The number of hydrogen-bond acceptors (Lipinski definition) is 2. The summed E-state index contributed by atoms with van der Waals surface area (Å²) >= 11 is 0. The maximum absolute atomic E-state index is 12.8. The third kappa shape index (κ3) is 2.27. The Balaban J connectivity index is 1.85. The Labute approximate surface area is 81.1 Å². The van der Waals surface area contributed by atoms with E-state index in [-0.39, 0.29) is 12.8 Å². The smallest absolute Gasteiger partial charge is 0.248 e. The fourth-order valence-electron chi connectivity index (χ4n) is 1.87. The van der Waals surface area contributed by atoms with E-state index >= 15 is 0 Å². The first-order valence-electron chi connectivity index (χ1n) is 4.86. The van der Waals surface area contributed by atoms with Crippen molar-refractivity contribution in [2.24, 2.45) is 5.92 Å². The summed E-state index contributed by atoms with van der Waals surface area (Å²) in [5, 5.41) is 3.96. The van der Waals surface area contributed by atoms with Crippen LogP contribution >= 0.6 is 0 Å². The lowest BCUT2D eigenvalue weighted by Crippen LogP contribution is -2.26. The van der Waals surface area contributed by atoms with Crippen LogP contribution in [0.25, 0.3) is 0 Å². The number of nitrogens with zero attached hydrogens (tertiary/aromatic N) is 3. The van der Waals surface area contributed by atoms with Gasteiger partial charge in [0.2, 0.25) is 5.92 Å². The van der Waals surface area contributed by atoms with Crippen LogP contribution < -0.4 is 0 Å². The summed E-state index contributed by atoms with van der Waals surface area (Å²) in [5.41, 5.74) is 0. The predicted octanol–water partition coefficient (Wildman–Crippen LogP) is 2.10. The number of hydrogen-bond donors (Lipinski definition) is 0. The molecule has 1 aliphatic carbocycles. The minimum Gasteiger partial charge on any atom is -0.253 e. The Morgan fingerprint density at radius 1 is 1.36 bits per heavy atom. The summed E-state index contributed by atoms with van der Waals surface area (Å²) in [6.45, 7) is 0.718. The standard InChI is InChI=1S/C9H13F2N3/c10-9(11)3-1-8(2-4-9)5-14-7-12-6-13-14/h6-8H,1-5H2. The van der Waals surface area contributed by atoms with Gasteiger partial charge in [-0.15, -0.1) is 0 Å². The topological polar surface area (TPSA) is 30.7 Å². The molecule has 0 N–H and O–H groups in total. The Morgan fingerprint density at radius 3 is 2.64 bits per heavy atom. The van der Waals surface area contributed by atoms with Crippen LogP contribution in [0.15, 0.2) is 12.7 Å². The molecule has 1 saturated carbocycles. The van der Waals surface area contributed by atoms with Gasteiger partial charge < -0.3 is 0 Å². The largest absolute Gasteiger partial charge is 0.253 e. The third-order valence-corrected chi connectivity index (χ3v) is 2.75. The highest BCUT2D eigenvalue weighted by atomic mass is 19.3. The Morgan fingerprint density at radius 2 is 2.07 bits per heavy atom. The summed E-state index contributed by atoms with van der Waals surface area (Å²) in [7, 11) is 0. The Kier molecular flexibility index (Phi) is 2.48. The maximum Gasteiger partial charge on any atom is 0.248 e. The summed E-state index contributed by atoms with van der Waals surface area (Å²) in [6, 6.07) is 0. The normalized spacial score (nSPS) is 22.4. The fraction of sp³-hybridized carbons (Fsp3) is 0.778. The van der Waals surface area contributed by atoms with E-state index in [0.717, 1.165) is 6.54 Å². The first kappa shape index (κ1) is 9.55. The number of aromatic nitrogens is 3. The number of alkyl halides is 2. The van der Waals surface area contributed by atoms with E-state index in [4.69, 9.17) is 0 Å². The van der Waals surface area contributed by atoms with Crippen molar-refractivity contribution in [1.82, 2.24) is 14.8 Å². The van der Waals surface area contributed by atoms with Gasteiger partial charge in [0.15, 0.2) is 0 Å². The van der Waals surface area contributed by atoms with Crippen LogP contribution in [0, 0.1) is 5.92 Å². The van der Waals surface area contributed by atoms with Gasteiger partial charge in [-0.05, 0) is 18.8 Å². The summed E-state index contributed by atoms with van der Waals surface area (Å²) in [6.07, 6.45) is 4.32. The number of rotatable bonds is 2. The van der Waals surface area contributed by atoms with Crippen LogP contribution in [0.1, 0.15) is 25.7 Å². The van der Waals surface area contributed by atoms with Crippen molar-refractivity contribution in [3.05, 3.63) is 12.7 Å². The summed E-state index contributed by atoms with van der Waals surface area (Å²) in [5.74, 6) is -2.10. The van der Waals surface area contributed by atoms with Crippen molar-refractivity contribution >= 4 is 0 Å². The molecule has 0 unspecified atom stereocenters. The summed E-state index contributed by atoms with van der Waals surface area (Å²) in [4.78, 5) is 3.82. The van der Waals surface area contributed by atoms with Gasteiger partial charge in [0, 0.05) is 19.4 Å². The molecular formula is C9H13F2N3. The van der Waals surface area contributed by atoms with Crippen LogP contribution in [0.2, 0.25) is 0 Å². The summed E-state index contributed by atoms with van der Waals surface area (Å²) < 4.78 is 27.4. The van der Waals surface area contributed by atoms with Crippen molar-refractivity contribution in [2.75, 3.05) is 0 Å². The first-order chi connectivity index (χ1) is 6.66. The van der Waals surface area contributed by atoms with Crippen LogP contribution in [0.4, 0.5) is 8.78 Å². The lowest BCUT2D eigenvalue weighted by Gasteiger charge is -2.27. The molecule has 0 spiro atoms. The molecule has 0 bridgehead atoms. The Bertz CT molecular complexity index is 274. The van der Waals surface area contributed by atoms with E-state index < -0.39 is 5.92 Å². The van der Waals surface area contributed by atoms with Gasteiger partial charge in [-0.3, -0.25) is 4.68 Å². The lowest BCUT2D eigenvalue weighted by molar-refractivity contribution is -0.0476. The van der Waals surface area contributed by atoms with Gasteiger partial charge >= 0.3 is 0 Å². The highest BCUT2D eigenvalue weighted by Crippen LogP contribution is 2.36. The van der Waals surface area contributed by atoms with Crippen LogP contribution in [-0.4, -0.2) is 20.7 Å². The molecule has 0 saturated heterocycles. The average molecular weight is 201 g/mol. The molecule has 0 atom stereocenters. The Hall–Kier alpha value is -1.00. The molecule has 1 aromatic rings. The highest BCUT2D eigenvalue weighted by Gasteiger charge is 2.34. The van der Waals surface area contributed by atoms with Crippen molar-refractivity contribution in [3.8, 4) is 0 Å². The molecule has 0 aromatic carbocycles. The molecule has 78 valence electrons. The number of halogens is 2. The highest BCUT2D eigenvalue weighted by molar-refractivity contribution is 4.77. The van der Waals surface area contributed by atoms with E-state index in [1.807, 2.05) is 0 Å². The predicted molar refractivity (Wildman–Crippen MR) is 46.9 cm³/mol. The van der Waals surface area contributed by atoms with Crippen molar-refractivity contribution in [3.63, 3.8) is 0 Å². The van der Waals surface area contributed by atoms with Gasteiger partial charge in [-0.25, -0.2) is 13.8 Å². The molecular weight excluding hydrogens is 188 g/mol. The molecule has 0 aliphatic heterocycles. The second-order valence-corrected chi connectivity index (χ2v) is 3.92. The molecule has 14 heavy (non-hydrogen) atoms. The SMILES string of the molecule is FC1(F)CCC(Cn2cncn2)CC1. The van der Waals surface area contributed by atoms with Gasteiger partial charge in [0.05, 0.1) is 0 Å². The van der Waals surface area contributed by atoms with Crippen molar-refractivity contribution in [2.45, 2.75) is 38.2 Å². The second-order valence-electron chi connectivity index (χ2n) is 3.92. The molecule has 1 heterocycles. The lowest BCUT2D eigenvalue weighted by atomic mass is 9.87. The van der Waals surface area contributed by atoms with Crippen molar-refractivity contribution in [1.29, 1.82) is 0 Å². The van der Waals surface area contributed by atoms with Crippen LogP contribution in [0.5, 0.6) is 0 Å². The molecule has 5 heteroatoms. The minimum absolute atomic E-state index is 0.0202. The van der Waals surface area contributed by atoms with Crippen LogP contribution in [0.3, 0.4) is 0 Å². The molecule has 0 radical (unpaired) electrons. The minimum atomic E-state index is -2.43. The quantitative estimate of drug-likeness (QED) is 0.733. The molecule has 1 aliphatic rings. The van der Waals surface area contributed by atoms with E-state index in [2.05, 4.69) is 10.1 Å². The molecule has 3 nitrogen and oxygen atoms in total. The van der Waals surface area contributed by atoms with Crippen molar-refractivity contribution < 1.29 is 8.78 Å². The van der Waals surface area contributed by atoms with E-state index in [9.17, 15) is 8.78 Å². The van der Waals surface area contributed by atoms with Crippen LogP contribution in [-0.2, 0) is 6.54 Å². The van der Waals surface area contributed by atoms with E-state index in [1.165, 1.54) is 6.33 Å². The average Bonchev–Trinajstić information content (AvgIpc) is 2.61. The third-order valence-electron chi connectivity index (χ3n) is 2.75. The fourth-order valence-corrected chi connectivity index (χ4v) is 1.87. The molecule has 1 fully saturated rings. The molecule has 1 aromatic heterocycles. The van der Waals surface area contributed by atoms with Gasteiger partial charge in [0.25, 0.3) is 0 Å². The van der Waals surface area contributed by atoms with E-state index in [0.29, 0.717) is 18.8 Å². The first-order valence-corrected chi connectivity index (χ1v) is 4.86. The molecule has 0 amide bonds. The second kappa shape index (κ2) is 3.63. The maximum atomic E-state index is 12.8. The zero-order valence-electron chi connectivity index (χ0n) is 7.87. The van der Waals surface area contributed by atoms with Gasteiger partial charge in [-0.1, -0.05) is 0 Å². The van der Waals surface area contributed by atoms with Gasteiger partial charge in [0.1, 0.15) is 12.7 Å². The molecule has 2 rings (SSSR count). The zero-order valence-corrected chi connectivity index (χ0v) is 7.87. The van der Waals surface area contributed by atoms with Gasteiger partial charge in [-0.2, -0.15) is 5.10 Å². The monoisotopic (exact) mass is 201 g/mol.